The first-order chi connectivity index (χ1) is 14.2. The number of hydrogen-bond donors (Lipinski definition) is 2. The zero-order valence-corrected chi connectivity index (χ0v) is 18.4. The topological polar surface area (TPSA) is 102 Å². The van der Waals surface area contributed by atoms with Gasteiger partial charge in [0.15, 0.2) is 6.61 Å². The largest absolute Gasteiger partial charge is 0.454 e. The first kappa shape index (κ1) is 23.9. The van der Waals surface area contributed by atoms with Crippen LogP contribution in [0.25, 0.3) is 0 Å². The number of amides is 1. The van der Waals surface area contributed by atoms with E-state index in [1.165, 1.54) is 12.1 Å². The van der Waals surface area contributed by atoms with E-state index in [-0.39, 0.29) is 10.8 Å². The van der Waals surface area contributed by atoms with E-state index in [4.69, 9.17) is 16.3 Å². The molecule has 0 fully saturated rings. The third kappa shape index (κ3) is 7.44. The Kier molecular flexibility index (Phi) is 8.83. The van der Waals surface area contributed by atoms with Crippen LogP contribution in [0.1, 0.15) is 19.4 Å². The molecule has 2 rings (SSSR count). The van der Waals surface area contributed by atoms with Crippen molar-refractivity contribution in [2.24, 2.45) is 5.92 Å². The molecule has 0 radical (unpaired) electrons. The maximum Gasteiger partial charge on any atom is 0.324 e. The Morgan fingerprint density at radius 2 is 1.77 bits per heavy atom. The molecule has 0 saturated heterocycles. The quantitative estimate of drug-likeness (QED) is 0.539. The second-order valence-corrected chi connectivity index (χ2v) is 9.14. The van der Waals surface area contributed by atoms with Crippen LogP contribution in [-0.2, 0) is 30.8 Å². The summed E-state index contributed by atoms with van der Waals surface area (Å²) < 4.78 is 32.4. The number of rotatable bonds is 10. The van der Waals surface area contributed by atoms with Gasteiger partial charge >= 0.3 is 5.97 Å². The van der Waals surface area contributed by atoms with Crippen LogP contribution in [0.5, 0.6) is 0 Å². The molecule has 2 aromatic rings. The van der Waals surface area contributed by atoms with E-state index >= 15 is 0 Å². The van der Waals surface area contributed by atoms with Crippen molar-refractivity contribution in [2.45, 2.75) is 31.2 Å². The van der Waals surface area contributed by atoms with Gasteiger partial charge in [-0.2, -0.15) is 4.72 Å². The lowest BCUT2D eigenvalue weighted by Gasteiger charge is -2.20. The van der Waals surface area contributed by atoms with E-state index in [1.54, 1.807) is 44.2 Å². The van der Waals surface area contributed by atoms with Crippen LogP contribution in [0, 0.1) is 5.92 Å². The maximum absolute atomic E-state index is 12.5. The van der Waals surface area contributed by atoms with Gasteiger partial charge in [-0.3, -0.25) is 9.59 Å². The fourth-order valence-electron chi connectivity index (χ4n) is 2.61. The monoisotopic (exact) mass is 452 g/mol. The minimum absolute atomic E-state index is 0.0437. The van der Waals surface area contributed by atoms with Gasteiger partial charge in [-0.1, -0.05) is 55.8 Å². The molecule has 7 nitrogen and oxygen atoms in total. The average Bonchev–Trinajstić information content (AvgIpc) is 2.71. The number of ether oxygens (including phenoxy) is 1. The molecular weight excluding hydrogens is 428 g/mol. The number of esters is 1. The van der Waals surface area contributed by atoms with E-state index < -0.39 is 34.5 Å². The van der Waals surface area contributed by atoms with Crippen molar-refractivity contribution >= 4 is 33.5 Å². The second kappa shape index (κ2) is 11.1. The predicted octanol–water partition coefficient (Wildman–Crippen LogP) is 2.55. The molecule has 0 saturated carbocycles. The van der Waals surface area contributed by atoms with E-state index in [9.17, 15) is 18.0 Å². The number of carbonyl (C=O) groups excluding carboxylic acids is 2. The first-order valence-corrected chi connectivity index (χ1v) is 11.3. The molecule has 0 heterocycles. The molecule has 1 atom stereocenters. The summed E-state index contributed by atoms with van der Waals surface area (Å²) in [5, 5.41) is 3.27. The van der Waals surface area contributed by atoms with E-state index in [0.717, 1.165) is 5.56 Å². The van der Waals surface area contributed by atoms with Crippen molar-refractivity contribution < 1.29 is 22.7 Å². The van der Waals surface area contributed by atoms with Gasteiger partial charge in [-0.05, 0) is 42.2 Å². The Morgan fingerprint density at radius 3 is 2.40 bits per heavy atom. The van der Waals surface area contributed by atoms with Gasteiger partial charge in [-0.25, -0.2) is 8.42 Å². The van der Waals surface area contributed by atoms with Crippen LogP contribution in [0.2, 0.25) is 5.02 Å². The van der Waals surface area contributed by atoms with Gasteiger partial charge in [0.25, 0.3) is 5.91 Å². The standard InChI is InChI=1S/C21H25ClN2O5S/c1-15(2)20(24-30(27,28)18-9-4-3-5-10-18)21(26)29-14-19(25)23-12-11-16-7-6-8-17(22)13-16/h3-10,13,15,20,24H,11-12,14H2,1-2H3,(H,23,25)/t20-/m0/s1. The third-order valence-corrected chi connectivity index (χ3v) is 5.92. The number of carbonyl (C=O) groups is 2. The van der Waals surface area contributed by atoms with Gasteiger partial charge in [0.1, 0.15) is 6.04 Å². The lowest BCUT2D eigenvalue weighted by molar-refractivity contribution is -0.151. The molecule has 0 aliphatic heterocycles. The van der Waals surface area contributed by atoms with E-state index in [0.29, 0.717) is 18.0 Å². The molecule has 162 valence electrons. The van der Waals surface area contributed by atoms with Crippen molar-refractivity contribution in [3.05, 3.63) is 65.2 Å². The van der Waals surface area contributed by atoms with Crippen molar-refractivity contribution in [3.8, 4) is 0 Å². The Bertz CT molecular complexity index is 964. The van der Waals surface area contributed by atoms with Gasteiger partial charge in [0, 0.05) is 11.6 Å². The average molecular weight is 453 g/mol. The number of hydrogen-bond acceptors (Lipinski definition) is 5. The highest BCUT2D eigenvalue weighted by molar-refractivity contribution is 7.89. The van der Waals surface area contributed by atoms with Crippen molar-refractivity contribution in [1.29, 1.82) is 0 Å². The molecular formula is C21H25ClN2O5S. The summed E-state index contributed by atoms with van der Waals surface area (Å²) in [6, 6.07) is 13.9. The van der Waals surface area contributed by atoms with Gasteiger partial charge in [0.2, 0.25) is 10.0 Å². The first-order valence-electron chi connectivity index (χ1n) is 9.44. The predicted molar refractivity (Wildman–Crippen MR) is 115 cm³/mol. The summed E-state index contributed by atoms with van der Waals surface area (Å²) in [5.74, 6) is -1.66. The Balaban J connectivity index is 1.85. The molecule has 0 aliphatic carbocycles. The summed E-state index contributed by atoms with van der Waals surface area (Å²) in [5.41, 5.74) is 0.968. The molecule has 0 unspecified atom stereocenters. The molecule has 9 heteroatoms. The van der Waals surface area contributed by atoms with Crippen molar-refractivity contribution in [3.63, 3.8) is 0 Å². The molecule has 2 N–H and O–H groups in total. The number of benzene rings is 2. The normalized spacial score (nSPS) is 12.4. The second-order valence-electron chi connectivity index (χ2n) is 6.99. The number of nitrogens with one attached hydrogen (secondary N) is 2. The van der Waals surface area contributed by atoms with Crippen LogP contribution in [-0.4, -0.2) is 39.5 Å². The van der Waals surface area contributed by atoms with E-state index in [1.807, 2.05) is 12.1 Å². The smallest absolute Gasteiger partial charge is 0.324 e. The minimum Gasteiger partial charge on any atom is -0.454 e. The minimum atomic E-state index is -3.90. The van der Waals surface area contributed by atoms with Crippen molar-refractivity contribution in [1.82, 2.24) is 10.0 Å². The highest BCUT2D eigenvalue weighted by Gasteiger charge is 2.30. The zero-order valence-electron chi connectivity index (χ0n) is 16.8. The number of halogens is 1. The van der Waals surface area contributed by atoms with Gasteiger partial charge < -0.3 is 10.1 Å². The van der Waals surface area contributed by atoms with Crippen LogP contribution in [0.3, 0.4) is 0 Å². The molecule has 0 bridgehead atoms. The molecule has 30 heavy (non-hydrogen) atoms. The summed E-state index contributed by atoms with van der Waals surface area (Å²) in [6.07, 6.45) is 0.575. The van der Waals surface area contributed by atoms with E-state index in [2.05, 4.69) is 10.0 Å². The molecule has 2 aromatic carbocycles. The Hall–Kier alpha value is -2.42. The van der Waals surface area contributed by atoms with Crippen LogP contribution in [0.15, 0.2) is 59.5 Å². The third-order valence-electron chi connectivity index (χ3n) is 4.23. The van der Waals surface area contributed by atoms with Gasteiger partial charge in [-0.15, -0.1) is 0 Å². The lowest BCUT2D eigenvalue weighted by Crippen LogP contribution is -2.46. The number of sulfonamides is 1. The summed E-state index contributed by atoms with van der Waals surface area (Å²) in [6.45, 7) is 3.23. The van der Waals surface area contributed by atoms with Crippen molar-refractivity contribution in [2.75, 3.05) is 13.2 Å². The molecule has 1 amide bonds. The van der Waals surface area contributed by atoms with Crippen LogP contribution < -0.4 is 10.0 Å². The molecule has 0 spiro atoms. The SMILES string of the molecule is CC(C)[C@H](NS(=O)(=O)c1ccccc1)C(=O)OCC(=O)NCCc1cccc(Cl)c1. The highest BCUT2D eigenvalue weighted by atomic mass is 35.5. The van der Waals surface area contributed by atoms with Crippen LogP contribution >= 0.6 is 11.6 Å². The lowest BCUT2D eigenvalue weighted by atomic mass is 10.1. The Labute approximate surface area is 181 Å². The summed E-state index contributed by atoms with van der Waals surface area (Å²) >= 11 is 5.92. The van der Waals surface area contributed by atoms with Crippen LogP contribution in [0.4, 0.5) is 0 Å². The maximum atomic E-state index is 12.5. The molecule has 0 aromatic heterocycles. The fourth-order valence-corrected chi connectivity index (χ4v) is 4.17. The summed E-state index contributed by atoms with van der Waals surface area (Å²) in [7, 11) is -3.90. The zero-order chi connectivity index (χ0) is 22.1. The fraction of sp³-hybridized carbons (Fsp3) is 0.333. The van der Waals surface area contributed by atoms with Gasteiger partial charge in [0.05, 0.1) is 4.90 Å². The molecule has 0 aliphatic rings. The summed E-state index contributed by atoms with van der Waals surface area (Å²) in [4.78, 5) is 24.4. The highest BCUT2D eigenvalue weighted by Crippen LogP contribution is 2.13. The Morgan fingerprint density at radius 1 is 1.07 bits per heavy atom.